The largest absolute Gasteiger partial charge is 0.417 e. The lowest BCUT2D eigenvalue weighted by molar-refractivity contribution is -0.136. The summed E-state index contributed by atoms with van der Waals surface area (Å²) in [5.41, 5.74) is 4.75. The average Bonchev–Trinajstić information content (AvgIpc) is 3.17. The molecule has 2 aromatic heterocycles. The molecule has 2 aromatic carbocycles. The van der Waals surface area contributed by atoms with Crippen molar-refractivity contribution in [3.05, 3.63) is 82.4 Å². The highest BCUT2D eigenvalue weighted by molar-refractivity contribution is 7.17. The van der Waals surface area contributed by atoms with Crippen LogP contribution < -0.4 is 0 Å². The van der Waals surface area contributed by atoms with Crippen LogP contribution in [0.15, 0.2) is 60.1 Å². The first-order valence-corrected chi connectivity index (χ1v) is 10.5. The molecule has 0 bridgehead atoms. The van der Waals surface area contributed by atoms with Gasteiger partial charge in [-0.1, -0.05) is 24.3 Å². The zero-order chi connectivity index (χ0) is 20.9. The first-order valence-electron chi connectivity index (χ1n) is 9.58. The molecule has 0 N–H and O–H groups in total. The maximum Gasteiger partial charge on any atom is 0.417 e. The molecule has 7 heteroatoms. The average molecular weight is 425 g/mol. The quantitative estimate of drug-likeness (QED) is 0.397. The van der Waals surface area contributed by atoms with Crippen molar-refractivity contribution in [1.29, 1.82) is 0 Å². The summed E-state index contributed by atoms with van der Waals surface area (Å²) in [6.07, 6.45) is -2.68. The summed E-state index contributed by atoms with van der Waals surface area (Å²) in [6.45, 7) is 1.64. The molecule has 30 heavy (non-hydrogen) atoms. The number of hydrogen-bond donors (Lipinski definition) is 0. The summed E-state index contributed by atoms with van der Waals surface area (Å²) in [5, 5.41) is 9.64. The van der Waals surface area contributed by atoms with Crippen molar-refractivity contribution in [3.63, 3.8) is 0 Å². The van der Waals surface area contributed by atoms with Crippen molar-refractivity contribution in [2.45, 2.75) is 18.6 Å². The lowest BCUT2D eigenvalue weighted by Crippen LogP contribution is -2.31. The van der Waals surface area contributed by atoms with E-state index >= 15 is 0 Å². The van der Waals surface area contributed by atoms with E-state index in [0.717, 1.165) is 41.2 Å². The monoisotopic (exact) mass is 425 g/mol. The number of hydrogen-bond acceptors (Lipinski definition) is 4. The smallest absolute Gasteiger partial charge is 0.301 e. The van der Waals surface area contributed by atoms with Crippen LogP contribution in [-0.4, -0.2) is 28.7 Å². The topological polar surface area (TPSA) is 29.0 Å². The summed E-state index contributed by atoms with van der Waals surface area (Å²) in [5.74, 6) is 0.107. The molecule has 0 amide bonds. The molecule has 0 saturated carbocycles. The summed E-state index contributed by atoms with van der Waals surface area (Å²) >= 11 is 1.15. The van der Waals surface area contributed by atoms with Crippen molar-refractivity contribution in [1.82, 2.24) is 15.1 Å². The van der Waals surface area contributed by atoms with E-state index in [4.69, 9.17) is 0 Å². The molecule has 4 aromatic rings. The third-order valence-electron chi connectivity index (χ3n) is 5.63. The molecule has 3 heterocycles. The lowest BCUT2D eigenvalue weighted by Gasteiger charge is -2.33. The number of fused-ring (bicyclic) bond motifs is 2. The Balaban J connectivity index is 1.56. The van der Waals surface area contributed by atoms with E-state index in [1.54, 1.807) is 12.3 Å². The van der Waals surface area contributed by atoms with E-state index in [1.807, 2.05) is 30.3 Å². The molecule has 0 saturated heterocycles. The predicted molar refractivity (Wildman–Crippen MR) is 112 cm³/mol. The third kappa shape index (κ3) is 3.38. The summed E-state index contributed by atoms with van der Waals surface area (Å²) in [4.78, 5) is 2.24. The van der Waals surface area contributed by atoms with Gasteiger partial charge in [0.25, 0.3) is 0 Å². The summed E-state index contributed by atoms with van der Waals surface area (Å²) in [6, 6.07) is 15.5. The van der Waals surface area contributed by atoms with E-state index in [9.17, 15) is 13.2 Å². The van der Waals surface area contributed by atoms with Gasteiger partial charge in [0.1, 0.15) is 0 Å². The number of halogens is 3. The Morgan fingerprint density at radius 1 is 1.10 bits per heavy atom. The van der Waals surface area contributed by atoms with Crippen LogP contribution in [0.4, 0.5) is 13.2 Å². The number of aromatic nitrogens is 2. The second-order valence-electron chi connectivity index (χ2n) is 7.67. The lowest BCUT2D eigenvalue weighted by atomic mass is 9.83. The highest BCUT2D eigenvalue weighted by Crippen LogP contribution is 2.41. The predicted octanol–water partition coefficient (Wildman–Crippen LogP) is 5.95. The standard InChI is InChI=1S/C23H18F3N3S/c1-29-11-16-9-15(21-3-2-8-27-28-21)5-6-17(16)19(12-29)14-4-7-18-20(23(24,25)26)13-30-22(18)10-14/h2-10,13,19H,11-12H2,1H3. The molecule has 1 atom stereocenters. The number of nitrogens with zero attached hydrogens (tertiary/aromatic N) is 3. The fourth-order valence-corrected chi connectivity index (χ4v) is 5.24. The molecular weight excluding hydrogens is 407 g/mol. The van der Waals surface area contributed by atoms with Gasteiger partial charge in [-0.25, -0.2) is 0 Å². The van der Waals surface area contributed by atoms with Crippen LogP contribution in [0, 0.1) is 0 Å². The van der Waals surface area contributed by atoms with Crippen molar-refractivity contribution < 1.29 is 13.2 Å². The van der Waals surface area contributed by atoms with Crippen LogP contribution >= 0.6 is 11.3 Å². The minimum Gasteiger partial charge on any atom is -0.301 e. The van der Waals surface area contributed by atoms with Gasteiger partial charge in [0.2, 0.25) is 0 Å². The fraction of sp³-hybridized carbons (Fsp3) is 0.217. The highest BCUT2D eigenvalue weighted by atomic mass is 32.1. The Hall–Kier alpha value is -2.77. The Morgan fingerprint density at radius 3 is 2.73 bits per heavy atom. The SMILES string of the molecule is CN1Cc2cc(-c3cccnn3)ccc2C(c2ccc3c(C(F)(F)F)csc3c2)C1. The minimum absolute atomic E-state index is 0.107. The zero-order valence-corrected chi connectivity index (χ0v) is 17.0. The minimum atomic E-state index is -4.33. The summed E-state index contributed by atoms with van der Waals surface area (Å²) in [7, 11) is 2.07. The van der Waals surface area contributed by atoms with Gasteiger partial charge in [0.15, 0.2) is 0 Å². The van der Waals surface area contributed by atoms with Crippen molar-refractivity contribution in [2.24, 2.45) is 0 Å². The van der Waals surface area contributed by atoms with Gasteiger partial charge in [-0.05, 0) is 48.0 Å². The summed E-state index contributed by atoms with van der Waals surface area (Å²) < 4.78 is 40.3. The van der Waals surface area contributed by atoms with E-state index in [-0.39, 0.29) is 11.3 Å². The molecule has 5 rings (SSSR count). The third-order valence-corrected chi connectivity index (χ3v) is 6.57. The number of alkyl halides is 3. The van der Waals surface area contributed by atoms with Gasteiger partial charge in [-0.2, -0.15) is 23.4 Å². The number of likely N-dealkylation sites (N-methyl/N-ethyl adjacent to an activating group) is 1. The number of benzene rings is 2. The fourth-order valence-electron chi connectivity index (χ4n) is 4.23. The van der Waals surface area contributed by atoms with Gasteiger partial charge in [-0.3, -0.25) is 0 Å². The maximum absolute atomic E-state index is 13.2. The van der Waals surface area contributed by atoms with E-state index in [0.29, 0.717) is 4.70 Å². The van der Waals surface area contributed by atoms with Gasteiger partial charge in [0, 0.05) is 46.2 Å². The molecule has 1 unspecified atom stereocenters. The Kier molecular flexibility index (Phi) is 4.60. The Bertz CT molecular complexity index is 1220. The molecule has 0 radical (unpaired) electrons. The second-order valence-corrected chi connectivity index (χ2v) is 8.59. The number of rotatable bonds is 2. The van der Waals surface area contributed by atoms with E-state index in [1.165, 1.54) is 16.5 Å². The molecular formula is C23H18F3N3S. The molecule has 0 aliphatic carbocycles. The first kappa shape index (κ1) is 19.2. The van der Waals surface area contributed by atoms with Crippen LogP contribution in [0.3, 0.4) is 0 Å². The van der Waals surface area contributed by atoms with Crippen LogP contribution in [-0.2, 0) is 12.7 Å². The van der Waals surface area contributed by atoms with Gasteiger partial charge in [-0.15, -0.1) is 11.3 Å². The van der Waals surface area contributed by atoms with Crippen LogP contribution in [0.5, 0.6) is 0 Å². The molecule has 0 spiro atoms. The van der Waals surface area contributed by atoms with E-state index in [2.05, 4.69) is 34.3 Å². The molecule has 152 valence electrons. The van der Waals surface area contributed by atoms with Crippen LogP contribution in [0.1, 0.15) is 28.2 Å². The van der Waals surface area contributed by atoms with Gasteiger partial charge in [0.05, 0.1) is 11.3 Å². The van der Waals surface area contributed by atoms with Crippen LogP contribution in [0.2, 0.25) is 0 Å². The Morgan fingerprint density at radius 2 is 1.97 bits per heavy atom. The highest BCUT2D eigenvalue weighted by Gasteiger charge is 2.34. The van der Waals surface area contributed by atoms with Gasteiger partial charge < -0.3 is 4.90 Å². The first-order chi connectivity index (χ1) is 14.4. The van der Waals surface area contributed by atoms with Crippen LogP contribution in [0.25, 0.3) is 21.3 Å². The number of thiophene rings is 1. The zero-order valence-electron chi connectivity index (χ0n) is 16.1. The van der Waals surface area contributed by atoms with Gasteiger partial charge >= 0.3 is 6.18 Å². The molecule has 3 nitrogen and oxygen atoms in total. The van der Waals surface area contributed by atoms with Crippen molar-refractivity contribution in [2.75, 3.05) is 13.6 Å². The molecule has 1 aliphatic heterocycles. The Labute approximate surface area is 175 Å². The maximum atomic E-state index is 13.2. The van der Waals surface area contributed by atoms with Crippen molar-refractivity contribution in [3.8, 4) is 11.3 Å². The van der Waals surface area contributed by atoms with Crippen molar-refractivity contribution >= 4 is 21.4 Å². The molecule has 0 fully saturated rings. The normalized spacial score (nSPS) is 17.3. The second kappa shape index (κ2) is 7.18. The van der Waals surface area contributed by atoms with E-state index < -0.39 is 11.7 Å². The molecule has 1 aliphatic rings.